The average molecular weight is 429 g/mol. The van der Waals surface area contributed by atoms with Crippen LogP contribution in [0.25, 0.3) is 10.9 Å². The summed E-state index contributed by atoms with van der Waals surface area (Å²) in [5.74, 6) is -0.396. The quantitative estimate of drug-likeness (QED) is 0.569. The highest BCUT2D eigenvalue weighted by atomic mass is 79.9. The van der Waals surface area contributed by atoms with Crippen molar-refractivity contribution in [3.63, 3.8) is 0 Å². The van der Waals surface area contributed by atoms with Crippen LogP contribution in [0, 0.1) is 5.92 Å². The fourth-order valence-corrected chi connectivity index (χ4v) is 4.48. The number of rotatable bonds is 6. The molecule has 27 heavy (non-hydrogen) atoms. The minimum atomic E-state index is -0.939. The van der Waals surface area contributed by atoms with Crippen molar-refractivity contribution in [3.05, 3.63) is 65.9 Å². The lowest BCUT2D eigenvalue weighted by Gasteiger charge is -2.22. The van der Waals surface area contributed by atoms with Gasteiger partial charge in [-0.15, -0.1) is 0 Å². The van der Waals surface area contributed by atoms with Crippen LogP contribution in [-0.4, -0.2) is 32.3 Å². The molecule has 1 N–H and O–H groups in total. The van der Waals surface area contributed by atoms with Crippen LogP contribution in [-0.2, 0) is 4.74 Å². The average Bonchev–Trinajstić information content (AvgIpc) is 3.29. The van der Waals surface area contributed by atoms with Crippen molar-refractivity contribution in [2.24, 2.45) is 5.92 Å². The summed E-state index contributed by atoms with van der Waals surface area (Å²) < 4.78 is 8.20. The van der Waals surface area contributed by atoms with Crippen molar-refractivity contribution >= 4 is 32.8 Å². The van der Waals surface area contributed by atoms with E-state index in [2.05, 4.69) is 21.0 Å². The van der Waals surface area contributed by atoms with Crippen LogP contribution in [0.4, 0.5) is 0 Å². The maximum atomic E-state index is 11.2. The number of aromatic nitrogens is 2. The Morgan fingerprint density at radius 2 is 2.07 bits per heavy atom. The van der Waals surface area contributed by atoms with Gasteiger partial charge >= 0.3 is 5.97 Å². The van der Waals surface area contributed by atoms with E-state index in [0.29, 0.717) is 17.4 Å². The third-order valence-electron chi connectivity index (χ3n) is 5.12. The molecule has 1 heterocycles. The lowest BCUT2D eigenvalue weighted by atomic mass is 10.1. The number of benzene rings is 2. The first kappa shape index (κ1) is 18.2. The second kappa shape index (κ2) is 7.82. The van der Waals surface area contributed by atoms with Crippen molar-refractivity contribution in [1.82, 2.24) is 9.78 Å². The van der Waals surface area contributed by atoms with Crippen LogP contribution in [0.2, 0.25) is 0 Å². The lowest BCUT2D eigenvalue weighted by molar-refractivity contribution is 0.00644. The van der Waals surface area contributed by atoms with E-state index in [9.17, 15) is 9.90 Å². The number of hydrogen-bond donors (Lipinski definition) is 1. The van der Waals surface area contributed by atoms with Crippen LogP contribution in [0.1, 0.15) is 41.4 Å². The van der Waals surface area contributed by atoms with Gasteiger partial charge in [-0.05, 0) is 43.4 Å². The number of aromatic carboxylic acids is 1. The predicted octanol–water partition coefficient (Wildman–Crippen LogP) is 4.86. The summed E-state index contributed by atoms with van der Waals surface area (Å²) in [4.78, 5) is 11.8. The summed E-state index contributed by atoms with van der Waals surface area (Å²) in [6.45, 7) is 0.677. The molecule has 2 aromatic carbocycles. The van der Waals surface area contributed by atoms with E-state index in [1.807, 2.05) is 35.0 Å². The standard InChI is InChI=1S/C21H21BrN2O3/c22-18-8-6-14(10-18)13-27-20(15-4-2-1-3-5-15)24-19-9-7-16(21(25)26)11-17(19)12-23-24/h1-5,7,9,11-12,14,18,20H,6,8,10,13H2,(H,25,26). The Morgan fingerprint density at radius 1 is 1.26 bits per heavy atom. The number of nitrogens with zero attached hydrogens (tertiary/aromatic N) is 2. The molecule has 1 fully saturated rings. The van der Waals surface area contributed by atoms with Gasteiger partial charge in [0, 0.05) is 15.8 Å². The molecule has 3 aromatic rings. The first-order valence-electron chi connectivity index (χ1n) is 9.13. The number of ether oxygens (including phenoxy) is 1. The molecule has 0 bridgehead atoms. The second-order valence-corrected chi connectivity index (χ2v) is 8.34. The van der Waals surface area contributed by atoms with Crippen molar-refractivity contribution in [3.8, 4) is 0 Å². The fraction of sp³-hybridized carbons (Fsp3) is 0.333. The van der Waals surface area contributed by atoms with Crippen LogP contribution in [0.5, 0.6) is 0 Å². The van der Waals surface area contributed by atoms with Gasteiger partial charge in [0.15, 0.2) is 6.23 Å². The van der Waals surface area contributed by atoms with Gasteiger partial charge in [0.25, 0.3) is 0 Å². The Morgan fingerprint density at radius 3 is 2.78 bits per heavy atom. The zero-order valence-corrected chi connectivity index (χ0v) is 16.4. The maximum Gasteiger partial charge on any atom is 0.335 e. The highest BCUT2D eigenvalue weighted by molar-refractivity contribution is 9.09. The number of hydrogen-bond acceptors (Lipinski definition) is 3. The molecule has 1 aromatic heterocycles. The minimum Gasteiger partial charge on any atom is -0.478 e. The highest BCUT2D eigenvalue weighted by Gasteiger charge is 2.25. The molecular formula is C21H21BrN2O3. The van der Waals surface area contributed by atoms with Crippen molar-refractivity contribution < 1.29 is 14.6 Å². The molecule has 3 atom stereocenters. The second-order valence-electron chi connectivity index (χ2n) is 7.04. The SMILES string of the molecule is O=C(O)c1ccc2c(cnn2C(OCC2CCC(Br)C2)c2ccccc2)c1. The zero-order chi connectivity index (χ0) is 18.8. The molecule has 0 spiro atoms. The van der Waals surface area contributed by atoms with Gasteiger partial charge < -0.3 is 9.84 Å². The van der Waals surface area contributed by atoms with Crippen LogP contribution < -0.4 is 0 Å². The first-order chi connectivity index (χ1) is 13.1. The molecule has 1 saturated carbocycles. The van der Waals surface area contributed by atoms with Crippen molar-refractivity contribution in [2.45, 2.75) is 30.3 Å². The molecule has 4 rings (SSSR count). The molecule has 5 nitrogen and oxygen atoms in total. The molecule has 1 aliphatic carbocycles. The van der Waals surface area contributed by atoms with E-state index in [0.717, 1.165) is 22.9 Å². The number of carboxylic acids is 1. The third kappa shape index (κ3) is 3.92. The summed E-state index contributed by atoms with van der Waals surface area (Å²) in [7, 11) is 0. The van der Waals surface area contributed by atoms with Gasteiger partial charge in [-0.3, -0.25) is 0 Å². The van der Waals surface area contributed by atoms with Gasteiger partial charge in [0.2, 0.25) is 0 Å². The van der Waals surface area contributed by atoms with Crippen molar-refractivity contribution in [1.29, 1.82) is 0 Å². The molecule has 0 aliphatic heterocycles. The Labute approximate surface area is 166 Å². The maximum absolute atomic E-state index is 11.2. The van der Waals surface area contributed by atoms with Gasteiger partial charge in [-0.1, -0.05) is 46.3 Å². The third-order valence-corrected chi connectivity index (χ3v) is 5.95. The first-order valence-corrected chi connectivity index (χ1v) is 10.0. The number of carboxylic acid groups (broad SMARTS) is 1. The number of alkyl halides is 1. The van der Waals surface area contributed by atoms with Gasteiger partial charge in [0.05, 0.1) is 23.9 Å². The van der Waals surface area contributed by atoms with E-state index >= 15 is 0 Å². The Hall–Kier alpha value is -2.18. The molecule has 140 valence electrons. The number of fused-ring (bicyclic) bond motifs is 1. The summed E-state index contributed by atoms with van der Waals surface area (Å²) in [5, 5.41) is 14.5. The van der Waals surface area contributed by atoms with Crippen LogP contribution >= 0.6 is 15.9 Å². The number of carbonyl (C=O) groups is 1. The Kier molecular flexibility index (Phi) is 5.27. The predicted molar refractivity (Wildman–Crippen MR) is 107 cm³/mol. The molecule has 0 saturated heterocycles. The van der Waals surface area contributed by atoms with Crippen molar-refractivity contribution in [2.75, 3.05) is 6.61 Å². The normalized spacial score (nSPS) is 20.8. The minimum absolute atomic E-state index is 0.258. The summed E-state index contributed by atoms with van der Waals surface area (Å²) in [6, 6.07) is 15.1. The van der Waals surface area contributed by atoms with E-state index < -0.39 is 5.97 Å². The van der Waals surface area contributed by atoms with E-state index in [1.165, 1.54) is 12.8 Å². The summed E-state index contributed by atoms with van der Waals surface area (Å²) in [5.41, 5.74) is 2.14. The molecule has 1 aliphatic rings. The number of halogens is 1. The Balaban J connectivity index is 1.66. The molecule has 6 heteroatoms. The zero-order valence-electron chi connectivity index (χ0n) is 14.8. The van der Waals surface area contributed by atoms with Gasteiger partial charge in [-0.2, -0.15) is 5.10 Å². The van der Waals surface area contributed by atoms with E-state index in [-0.39, 0.29) is 11.8 Å². The lowest BCUT2D eigenvalue weighted by Crippen LogP contribution is -2.19. The summed E-state index contributed by atoms with van der Waals surface area (Å²) >= 11 is 3.70. The summed E-state index contributed by atoms with van der Waals surface area (Å²) in [6.07, 6.45) is 4.84. The molecule has 0 amide bonds. The van der Waals surface area contributed by atoms with E-state index in [4.69, 9.17) is 4.74 Å². The molecule has 0 radical (unpaired) electrons. The topological polar surface area (TPSA) is 64.3 Å². The van der Waals surface area contributed by atoms with Crippen LogP contribution in [0.3, 0.4) is 0 Å². The van der Waals surface area contributed by atoms with Gasteiger partial charge in [-0.25, -0.2) is 9.48 Å². The molecular weight excluding hydrogens is 408 g/mol. The molecule has 3 unspecified atom stereocenters. The Bertz CT molecular complexity index is 941. The van der Waals surface area contributed by atoms with Crippen LogP contribution in [0.15, 0.2) is 54.7 Å². The van der Waals surface area contributed by atoms with E-state index in [1.54, 1.807) is 24.4 Å². The highest BCUT2D eigenvalue weighted by Crippen LogP contribution is 2.33. The monoisotopic (exact) mass is 428 g/mol. The fourth-order valence-electron chi connectivity index (χ4n) is 3.69. The largest absolute Gasteiger partial charge is 0.478 e. The smallest absolute Gasteiger partial charge is 0.335 e. The van der Waals surface area contributed by atoms with Gasteiger partial charge in [0.1, 0.15) is 0 Å².